The molecule has 0 atom stereocenters. The summed E-state index contributed by atoms with van der Waals surface area (Å²) < 4.78 is 4.18. The second-order valence-corrected chi connectivity index (χ2v) is 5.12. The van der Waals surface area contributed by atoms with Crippen LogP contribution in [0.4, 0.5) is 0 Å². The van der Waals surface area contributed by atoms with Crippen LogP contribution in [0, 0.1) is 13.8 Å². The molecule has 2 heterocycles. The number of rotatable bonds is 2. The summed E-state index contributed by atoms with van der Waals surface area (Å²) in [5, 5.41) is 5.93. The molecule has 4 heteroatoms. The Hall–Kier alpha value is -1.74. The second kappa shape index (κ2) is 4.42. The van der Waals surface area contributed by atoms with E-state index in [-0.39, 0.29) is 0 Å². The van der Waals surface area contributed by atoms with Gasteiger partial charge in [0.1, 0.15) is 0 Å². The van der Waals surface area contributed by atoms with Gasteiger partial charge in [0.05, 0.1) is 5.52 Å². The maximum atomic E-state index is 6.16. The Morgan fingerprint density at radius 1 is 1.11 bits per heavy atom. The molecule has 1 aromatic carbocycles. The minimum Gasteiger partial charge on any atom is -0.318 e. The Kier molecular flexibility index (Phi) is 2.86. The van der Waals surface area contributed by atoms with Crippen molar-refractivity contribution >= 4 is 22.5 Å². The fraction of sp³-hybridized carbons (Fsp3) is 0.267. The van der Waals surface area contributed by atoms with E-state index in [9.17, 15) is 0 Å². The molecule has 0 amide bonds. The summed E-state index contributed by atoms with van der Waals surface area (Å²) in [5.41, 5.74) is 4.69. The highest BCUT2D eigenvalue weighted by Gasteiger charge is 2.10. The van der Waals surface area contributed by atoms with Crippen molar-refractivity contribution in [2.75, 3.05) is 0 Å². The van der Waals surface area contributed by atoms with Gasteiger partial charge in [-0.25, -0.2) is 0 Å². The van der Waals surface area contributed by atoms with Crippen molar-refractivity contribution in [2.45, 2.75) is 27.3 Å². The van der Waals surface area contributed by atoms with Gasteiger partial charge >= 0.3 is 0 Å². The van der Waals surface area contributed by atoms with Crippen molar-refractivity contribution < 1.29 is 0 Å². The largest absolute Gasteiger partial charge is 0.318 e. The fourth-order valence-electron chi connectivity index (χ4n) is 2.58. The molecule has 0 spiro atoms. The van der Waals surface area contributed by atoms with Crippen molar-refractivity contribution in [1.29, 1.82) is 0 Å². The quantitative estimate of drug-likeness (QED) is 0.689. The summed E-state index contributed by atoms with van der Waals surface area (Å²) in [6.45, 7) is 7.11. The Bertz CT molecular complexity index is 733. The van der Waals surface area contributed by atoms with Gasteiger partial charge in [-0.1, -0.05) is 11.6 Å². The van der Waals surface area contributed by atoms with Crippen LogP contribution >= 0.6 is 11.6 Å². The summed E-state index contributed by atoms with van der Waals surface area (Å²) in [7, 11) is 0. The predicted molar refractivity (Wildman–Crippen MR) is 79.2 cm³/mol. The normalized spacial score (nSPS) is 11.4. The summed E-state index contributed by atoms with van der Waals surface area (Å²) >= 11 is 6.16. The summed E-state index contributed by atoms with van der Waals surface area (Å²) in [6.07, 6.45) is 0. The number of aryl methyl sites for hydroxylation is 3. The number of halogens is 1. The molecule has 0 aliphatic rings. The smallest absolute Gasteiger partial charge is 0.158 e. The molecule has 0 fully saturated rings. The topological polar surface area (TPSA) is 22.8 Å². The van der Waals surface area contributed by atoms with Gasteiger partial charge in [0.15, 0.2) is 5.15 Å². The standard InChI is InChI=1S/C15H16ClN3/c1-4-18-14-9-12(7-8-13(14)15(16)17-18)19-10(2)5-6-11(19)3/h5-9H,4H2,1-3H3. The van der Waals surface area contributed by atoms with E-state index in [4.69, 9.17) is 11.6 Å². The first kappa shape index (κ1) is 12.3. The SMILES string of the molecule is CCn1nc(Cl)c2ccc(-n3c(C)ccc3C)cc21. The maximum Gasteiger partial charge on any atom is 0.158 e. The molecule has 3 rings (SSSR count). The molecular weight excluding hydrogens is 258 g/mol. The molecule has 0 bridgehead atoms. The van der Waals surface area contributed by atoms with Crippen LogP contribution in [0.5, 0.6) is 0 Å². The lowest BCUT2D eigenvalue weighted by atomic mass is 10.2. The van der Waals surface area contributed by atoms with Crippen molar-refractivity contribution in [3.8, 4) is 5.69 Å². The third kappa shape index (κ3) is 1.85. The lowest BCUT2D eigenvalue weighted by Gasteiger charge is -2.10. The van der Waals surface area contributed by atoms with E-state index in [1.54, 1.807) is 0 Å². The minimum atomic E-state index is 0.573. The highest BCUT2D eigenvalue weighted by molar-refractivity contribution is 6.34. The Labute approximate surface area is 117 Å². The van der Waals surface area contributed by atoms with Crippen LogP contribution in [0.25, 0.3) is 16.6 Å². The first-order valence-electron chi connectivity index (χ1n) is 6.43. The number of hydrogen-bond acceptors (Lipinski definition) is 1. The summed E-state index contributed by atoms with van der Waals surface area (Å²) in [5.74, 6) is 0. The molecule has 2 aromatic heterocycles. The first-order valence-corrected chi connectivity index (χ1v) is 6.81. The van der Waals surface area contributed by atoms with Crippen LogP contribution in [-0.2, 0) is 6.54 Å². The van der Waals surface area contributed by atoms with Gasteiger partial charge < -0.3 is 4.57 Å². The van der Waals surface area contributed by atoms with Crippen LogP contribution in [0.1, 0.15) is 18.3 Å². The third-order valence-electron chi connectivity index (χ3n) is 3.52. The zero-order valence-corrected chi connectivity index (χ0v) is 12.1. The predicted octanol–water partition coefficient (Wildman–Crippen LogP) is 4.12. The zero-order valence-electron chi connectivity index (χ0n) is 11.3. The van der Waals surface area contributed by atoms with Gasteiger partial charge in [-0.05, 0) is 51.1 Å². The highest BCUT2D eigenvalue weighted by Crippen LogP contribution is 2.26. The highest BCUT2D eigenvalue weighted by atomic mass is 35.5. The molecule has 98 valence electrons. The van der Waals surface area contributed by atoms with E-state index in [0.717, 1.165) is 23.1 Å². The molecule has 3 nitrogen and oxygen atoms in total. The first-order chi connectivity index (χ1) is 9.11. The molecule has 19 heavy (non-hydrogen) atoms. The van der Waals surface area contributed by atoms with Gasteiger partial charge in [0.25, 0.3) is 0 Å². The molecule has 0 radical (unpaired) electrons. The number of aromatic nitrogens is 3. The summed E-state index contributed by atoms with van der Waals surface area (Å²) in [4.78, 5) is 0. The molecule has 0 aliphatic heterocycles. The van der Waals surface area contributed by atoms with Crippen LogP contribution in [-0.4, -0.2) is 14.3 Å². The Morgan fingerprint density at radius 3 is 2.42 bits per heavy atom. The van der Waals surface area contributed by atoms with Gasteiger partial charge in [0.2, 0.25) is 0 Å². The number of nitrogens with zero attached hydrogens (tertiary/aromatic N) is 3. The van der Waals surface area contributed by atoms with Gasteiger partial charge in [0, 0.05) is 29.0 Å². The van der Waals surface area contributed by atoms with Gasteiger partial charge in [-0.2, -0.15) is 5.10 Å². The second-order valence-electron chi connectivity index (χ2n) is 4.76. The van der Waals surface area contributed by atoms with E-state index in [2.05, 4.69) is 54.7 Å². The third-order valence-corrected chi connectivity index (χ3v) is 3.80. The lowest BCUT2D eigenvalue weighted by Crippen LogP contribution is -2.00. The van der Waals surface area contributed by atoms with E-state index in [0.29, 0.717) is 5.15 Å². The molecule has 0 N–H and O–H groups in total. The molecule has 0 unspecified atom stereocenters. The van der Waals surface area contributed by atoms with E-state index >= 15 is 0 Å². The maximum absolute atomic E-state index is 6.16. The van der Waals surface area contributed by atoms with Crippen LogP contribution in [0.15, 0.2) is 30.3 Å². The summed E-state index contributed by atoms with van der Waals surface area (Å²) in [6, 6.07) is 10.5. The van der Waals surface area contributed by atoms with E-state index in [1.165, 1.54) is 11.4 Å². The number of benzene rings is 1. The molecule has 0 aliphatic carbocycles. The van der Waals surface area contributed by atoms with E-state index in [1.807, 2.05) is 10.7 Å². The van der Waals surface area contributed by atoms with E-state index < -0.39 is 0 Å². The van der Waals surface area contributed by atoms with Crippen LogP contribution in [0.2, 0.25) is 5.15 Å². The average Bonchev–Trinajstić information content (AvgIpc) is 2.90. The van der Waals surface area contributed by atoms with Gasteiger partial charge in [-0.3, -0.25) is 4.68 Å². The van der Waals surface area contributed by atoms with Crippen LogP contribution < -0.4 is 0 Å². The van der Waals surface area contributed by atoms with Crippen molar-refractivity contribution in [1.82, 2.24) is 14.3 Å². The molecule has 0 saturated carbocycles. The molecule has 0 saturated heterocycles. The number of hydrogen-bond donors (Lipinski definition) is 0. The minimum absolute atomic E-state index is 0.573. The molecule has 3 aromatic rings. The van der Waals surface area contributed by atoms with Crippen LogP contribution in [0.3, 0.4) is 0 Å². The van der Waals surface area contributed by atoms with Gasteiger partial charge in [-0.15, -0.1) is 0 Å². The monoisotopic (exact) mass is 273 g/mol. The van der Waals surface area contributed by atoms with Crippen molar-refractivity contribution in [3.63, 3.8) is 0 Å². The Morgan fingerprint density at radius 2 is 1.79 bits per heavy atom. The average molecular weight is 274 g/mol. The molecular formula is C15H16ClN3. The Balaban J connectivity index is 2.27. The lowest BCUT2D eigenvalue weighted by molar-refractivity contribution is 0.684. The number of fused-ring (bicyclic) bond motifs is 1. The zero-order chi connectivity index (χ0) is 13.6. The van der Waals surface area contributed by atoms with Crippen molar-refractivity contribution in [2.24, 2.45) is 0 Å². The van der Waals surface area contributed by atoms with Crippen molar-refractivity contribution in [3.05, 3.63) is 46.9 Å². The fourth-order valence-corrected chi connectivity index (χ4v) is 2.83.